The first-order valence-electron chi connectivity index (χ1n) is 6.14. The van der Waals surface area contributed by atoms with Crippen molar-refractivity contribution in [2.75, 3.05) is 0 Å². The fourth-order valence-electron chi connectivity index (χ4n) is 1.88. The van der Waals surface area contributed by atoms with Gasteiger partial charge >= 0.3 is 0 Å². The Bertz CT molecular complexity index is 798. The Balaban J connectivity index is 0.000000144. The zero-order valence-corrected chi connectivity index (χ0v) is 13.6. The lowest BCUT2D eigenvalue weighted by molar-refractivity contribution is 0.629. The molecule has 0 amide bonds. The van der Waals surface area contributed by atoms with Gasteiger partial charge < -0.3 is 0 Å². The highest BCUT2D eigenvalue weighted by Crippen LogP contribution is 2.21. The van der Waals surface area contributed by atoms with Gasteiger partial charge in [0.25, 0.3) is 0 Å². The Morgan fingerprint density at radius 1 is 0.682 bits per heavy atom. The van der Waals surface area contributed by atoms with Crippen LogP contribution in [0.3, 0.4) is 0 Å². The SMILES string of the molecule is Fc1ccc2sccc2c1.Fc1ccc2sccc2c1.O=S. The van der Waals surface area contributed by atoms with Crippen LogP contribution >= 0.6 is 22.7 Å². The maximum Gasteiger partial charge on any atom is 0.197 e. The molecular weight excluding hydrogens is 342 g/mol. The molecule has 0 aliphatic rings. The van der Waals surface area contributed by atoms with E-state index in [1.165, 1.54) is 12.1 Å². The molecular formula is C16H10F2OS3. The second-order valence-electron chi connectivity index (χ2n) is 4.21. The van der Waals surface area contributed by atoms with Crippen molar-refractivity contribution in [2.24, 2.45) is 0 Å². The first kappa shape index (κ1) is 16.6. The van der Waals surface area contributed by atoms with Gasteiger partial charge in [0, 0.05) is 9.40 Å². The number of benzene rings is 2. The maximum atomic E-state index is 12.5. The van der Waals surface area contributed by atoms with E-state index in [0.717, 1.165) is 20.2 Å². The molecule has 0 N–H and O–H groups in total. The van der Waals surface area contributed by atoms with E-state index in [1.54, 1.807) is 46.9 Å². The smallest absolute Gasteiger partial charge is 0.197 e. The van der Waals surface area contributed by atoms with E-state index in [2.05, 4.69) is 12.5 Å². The second kappa shape index (κ2) is 8.03. The Hall–Kier alpha value is -1.76. The van der Waals surface area contributed by atoms with E-state index in [1.807, 2.05) is 22.9 Å². The van der Waals surface area contributed by atoms with Crippen molar-refractivity contribution in [1.82, 2.24) is 0 Å². The summed E-state index contributed by atoms with van der Waals surface area (Å²) < 4.78 is 35.2. The van der Waals surface area contributed by atoms with Gasteiger partial charge in [-0.2, -0.15) is 4.21 Å². The fourth-order valence-corrected chi connectivity index (χ4v) is 3.42. The summed E-state index contributed by atoms with van der Waals surface area (Å²) in [5.74, 6) is -0.322. The number of thiophene rings is 2. The van der Waals surface area contributed by atoms with Crippen LogP contribution in [0.2, 0.25) is 0 Å². The van der Waals surface area contributed by atoms with Crippen molar-refractivity contribution in [3.05, 3.63) is 70.9 Å². The summed E-state index contributed by atoms with van der Waals surface area (Å²) in [6, 6.07) is 13.5. The minimum Gasteiger partial charge on any atom is -0.207 e. The summed E-state index contributed by atoms with van der Waals surface area (Å²) in [6.45, 7) is 0. The van der Waals surface area contributed by atoms with E-state index >= 15 is 0 Å². The van der Waals surface area contributed by atoms with Gasteiger partial charge in [-0.05, 0) is 70.1 Å². The monoisotopic (exact) mass is 352 g/mol. The van der Waals surface area contributed by atoms with E-state index in [-0.39, 0.29) is 11.6 Å². The van der Waals surface area contributed by atoms with Crippen LogP contribution in [-0.4, -0.2) is 4.21 Å². The number of rotatable bonds is 0. The van der Waals surface area contributed by atoms with E-state index < -0.39 is 0 Å². The minimum atomic E-state index is -0.161. The molecule has 0 saturated heterocycles. The van der Waals surface area contributed by atoms with Crippen LogP contribution in [0.25, 0.3) is 20.2 Å². The average Bonchev–Trinajstić information content (AvgIpc) is 3.17. The molecule has 0 spiro atoms. The first-order chi connectivity index (χ1) is 10.7. The van der Waals surface area contributed by atoms with Crippen LogP contribution in [0.5, 0.6) is 0 Å². The predicted molar refractivity (Wildman–Crippen MR) is 91.7 cm³/mol. The molecule has 0 unspecified atom stereocenters. The summed E-state index contributed by atoms with van der Waals surface area (Å²) in [7, 11) is 0. The Morgan fingerprint density at radius 3 is 1.50 bits per heavy atom. The van der Waals surface area contributed by atoms with Gasteiger partial charge in [0.05, 0.1) is 0 Å². The van der Waals surface area contributed by atoms with Crippen molar-refractivity contribution < 1.29 is 13.0 Å². The molecule has 112 valence electrons. The van der Waals surface area contributed by atoms with Crippen LogP contribution in [0.1, 0.15) is 0 Å². The van der Waals surface area contributed by atoms with Crippen molar-refractivity contribution in [2.45, 2.75) is 0 Å². The zero-order valence-electron chi connectivity index (χ0n) is 11.2. The Morgan fingerprint density at radius 2 is 1.09 bits per heavy atom. The second-order valence-corrected chi connectivity index (χ2v) is 6.10. The molecule has 0 aliphatic carbocycles. The molecule has 4 aromatic rings. The molecule has 0 bridgehead atoms. The van der Waals surface area contributed by atoms with E-state index in [0.29, 0.717) is 0 Å². The average molecular weight is 352 g/mol. The van der Waals surface area contributed by atoms with Crippen LogP contribution in [0.4, 0.5) is 8.78 Å². The molecule has 1 nitrogen and oxygen atoms in total. The highest BCUT2D eigenvalue weighted by atomic mass is 32.1. The third-order valence-electron chi connectivity index (χ3n) is 2.83. The molecule has 22 heavy (non-hydrogen) atoms. The molecule has 0 fully saturated rings. The normalized spacial score (nSPS) is 9.73. The van der Waals surface area contributed by atoms with E-state index in [9.17, 15) is 8.78 Å². The van der Waals surface area contributed by atoms with Gasteiger partial charge in [-0.15, -0.1) is 22.7 Å². The molecule has 6 heteroatoms. The predicted octanol–water partition coefficient (Wildman–Crippen LogP) is 5.74. The quantitative estimate of drug-likeness (QED) is 0.401. The van der Waals surface area contributed by atoms with Gasteiger partial charge in [-0.25, -0.2) is 8.78 Å². The lowest BCUT2D eigenvalue weighted by Crippen LogP contribution is -1.68. The van der Waals surface area contributed by atoms with Gasteiger partial charge in [-0.3, -0.25) is 0 Å². The van der Waals surface area contributed by atoms with Crippen LogP contribution in [0.15, 0.2) is 59.3 Å². The first-order valence-corrected chi connectivity index (χ1v) is 8.24. The highest BCUT2D eigenvalue weighted by molar-refractivity contribution is 7.44. The van der Waals surface area contributed by atoms with Crippen molar-refractivity contribution in [1.29, 1.82) is 0 Å². The maximum absolute atomic E-state index is 12.5. The third kappa shape index (κ3) is 4.13. The van der Waals surface area contributed by atoms with Crippen LogP contribution in [-0.2, 0) is 12.5 Å². The molecule has 0 aliphatic heterocycles. The van der Waals surface area contributed by atoms with Crippen molar-refractivity contribution in [3.8, 4) is 0 Å². The van der Waals surface area contributed by atoms with Crippen molar-refractivity contribution in [3.63, 3.8) is 0 Å². The molecule has 0 radical (unpaired) electrons. The van der Waals surface area contributed by atoms with Gasteiger partial charge in [-0.1, -0.05) is 0 Å². The summed E-state index contributed by atoms with van der Waals surface area (Å²) in [6.07, 6.45) is 0. The summed E-state index contributed by atoms with van der Waals surface area (Å²) in [5.41, 5.74) is 0. The molecule has 2 heterocycles. The van der Waals surface area contributed by atoms with Crippen LogP contribution < -0.4 is 0 Å². The highest BCUT2D eigenvalue weighted by Gasteiger charge is 1.95. The lowest BCUT2D eigenvalue weighted by atomic mass is 10.3. The fraction of sp³-hybridized carbons (Fsp3) is 0. The van der Waals surface area contributed by atoms with Gasteiger partial charge in [0.2, 0.25) is 0 Å². The van der Waals surface area contributed by atoms with Crippen LogP contribution in [0, 0.1) is 11.6 Å². The lowest BCUT2D eigenvalue weighted by Gasteiger charge is -1.86. The minimum absolute atomic E-state index is 0.161. The largest absolute Gasteiger partial charge is 0.207 e. The topological polar surface area (TPSA) is 17.1 Å². The zero-order chi connectivity index (χ0) is 15.9. The molecule has 4 rings (SSSR count). The molecule has 2 aromatic carbocycles. The number of hydrogen-bond acceptors (Lipinski definition) is 4. The molecule has 0 atom stereocenters. The standard InChI is InChI=1S/2C8H5FS.OS/c2*9-7-1-2-8-6(5-7)3-4-10-8;1-2/h2*1-5H;. The van der Waals surface area contributed by atoms with Gasteiger partial charge in [0.1, 0.15) is 11.6 Å². The van der Waals surface area contributed by atoms with Crippen molar-refractivity contribution >= 4 is 55.4 Å². The summed E-state index contributed by atoms with van der Waals surface area (Å²) in [5, 5.41) is 5.91. The third-order valence-corrected chi connectivity index (χ3v) is 4.62. The van der Waals surface area contributed by atoms with E-state index in [4.69, 9.17) is 4.21 Å². The molecule has 0 saturated carbocycles. The Labute approximate surface area is 139 Å². The summed E-state index contributed by atoms with van der Waals surface area (Å²) in [4.78, 5) is 0. The number of hydrogen-bond donors (Lipinski definition) is 0. The number of halogens is 2. The van der Waals surface area contributed by atoms with Gasteiger partial charge in [0.15, 0.2) is 12.5 Å². The Kier molecular flexibility index (Phi) is 6.06. The molecule has 2 aromatic heterocycles. The summed E-state index contributed by atoms with van der Waals surface area (Å²) >= 11 is 6.09. The number of fused-ring (bicyclic) bond motifs is 2.